The molecule has 7 heteroatoms. The molecular formula is C8H5Cl3N2S2. The topological polar surface area (TPSA) is 25.8 Å². The zero-order chi connectivity index (χ0) is 11.0. The van der Waals surface area contributed by atoms with E-state index in [1.54, 1.807) is 6.07 Å². The molecule has 0 aromatic carbocycles. The lowest BCUT2D eigenvalue weighted by atomic mass is 10.4. The molecule has 0 amide bonds. The first-order chi connectivity index (χ1) is 7.08. The van der Waals surface area contributed by atoms with Crippen LogP contribution in [-0.4, -0.2) is 10.2 Å². The molecule has 0 aliphatic rings. The van der Waals surface area contributed by atoms with Gasteiger partial charge in [0.2, 0.25) is 0 Å². The van der Waals surface area contributed by atoms with Crippen molar-refractivity contribution >= 4 is 57.5 Å². The summed E-state index contributed by atoms with van der Waals surface area (Å²) in [6.45, 7) is 1.86. The van der Waals surface area contributed by atoms with Gasteiger partial charge in [0.05, 0.1) is 9.71 Å². The molecule has 0 fully saturated rings. The van der Waals surface area contributed by atoms with E-state index in [0.29, 0.717) is 8.67 Å². The minimum absolute atomic E-state index is 0.135. The van der Waals surface area contributed by atoms with E-state index in [-0.39, 0.29) is 5.38 Å². The monoisotopic (exact) mass is 298 g/mol. The second kappa shape index (κ2) is 4.55. The van der Waals surface area contributed by atoms with Gasteiger partial charge in [-0.1, -0.05) is 34.5 Å². The quantitative estimate of drug-likeness (QED) is 0.739. The van der Waals surface area contributed by atoms with Crippen LogP contribution >= 0.6 is 57.5 Å². The molecule has 0 N–H and O–H groups in total. The summed E-state index contributed by atoms with van der Waals surface area (Å²) < 4.78 is 1.27. The van der Waals surface area contributed by atoms with Crippen molar-refractivity contribution in [1.29, 1.82) is 0 Å². The third-order valence-electron chi connectivity index (χ3n) is 1.67. The predicted molar refractivity (Wildman–Crippen MR) is 67.5 cm³/mol. The SMILES string of the molecule is CC(Cl)c1nnc(-c2cc(Cl)sc2Cl)s1. The lowest BCUT2D eigenvalue weighted by Crippen LogP contribution is -1.80. The molecule has 0 radical (unpaired) electrons. The Hall–Kier alpha value is 0.130. The van der Waals surface area contributed by atoms with E-state index < -0.39 is 0 Å². The predicted octanol–water partition coefficient (Wildman–Crippen LogP) is 4.87. The van der Waals surface area contributed by atoms with Gasteiger partial charge in [-0.2, -0.15) is 0 Å². The van der Waals surface area contributed by atoms with E-state index in [4.69, 9.17) is 34.8 Å². The average Bonchev–Trinajstić information content (AvgIpc) is 2.71. The molecule has 1 atom stereocenters. The first kappa shape index (κ1) is 11.6. The van der Waals surface area contributed by atoms with Gasteiger partial charge in [0.25, 0.3) is 0 Å². The second-order valence-electron chi connectivity index (χ2n) is 2.80. The number of nitrogens with zero attached hydrogens (tertiary/aromatic N) is 2. The van der Waals surface area contributed by atoms with Gasteiger partial charge in [-0.3, -0.25) is 0 Å². The summed E-state index contributed by atoms with van der Waals surface area (Å²) in [4.78, 5) is 0. The summed E-state index contributed by atoms with van der Waals surface area (Å²) in [6, 6.07) is 1.79. The van der Waals surface area contributed by atoms with Crippen LogP contribution in [0.1, 0.15) is 17.3 Å². The van der Waals surface area contributed by atoms with Crippen LogP contribution in [0.25, 0.3) is 10.6 Å². The Morgan fingerprint density at radius 3 is 2.47 bits per heavy atom. The van der Waals surface area contributed by atoms with Crippen molar-refractivity contribution in [2.45, 2.75) is 12.3 Å². The fourth-order valence-corrected chi connectivity index (χ4v) is 3.55. The maximum absolute atomic E-state index is 6.01. The van der Waals surface area contributed by atoms with Gasteiger partial charge in [-0.15, -0.1) is 33.1 Å². The molecule has 2 nitrogen and oxygen atoms in total. The van der Waals surface area contributed by atoms with Crippen LogP contribution in [0.5, 0.6) is 0 Å². The van der Waals surface area contributed by atoms with Crippen LogP contribution < -0.4 is 0 Å². The Morgan fingerprint density at radius 1 is 1.27 bits per heavy atom. The summed E-state index contributed by atoms with van der Waals surface area (Å²) >= 11 is 20.5. The van der Waals surface area contributed by atoms with E-state index >= 15 is 0 Å². The molecule has 2 aromatic rings. The number of hydrogen-bond acceptors (Lipinski definition) is 4. The molecule has 80 valence electrons. The smallest absolute Gasteiger partial charge is 0.142 e. The summed E-state index contributed by atoms with van der Waals surface area (Å²) in [6.07, 6.45) is 0. The number of hydrogen-bond donors (Lipinski definition) is 0. The molecule has 1 unspecified atom stereocenters. The number of halogens is 3. The van der Waals surface area contributed by atoms with E-state index in [1.165, 1.54) is 22.7 Å². The molecule has 0 saturated heterocycles. The van der Waals surface area contributed by atoms with Crippen molar-refractivity contribution in [3.05, 3.63) is 19.7 Å². The van der Waals surface area contributed by atoms with Crippen molar-refractivity contribution in [2.24, 2.45) is 0 Å². The third-order valence-corrected chi connectivity index (χ3v) is 4.63. The van der Waals surface area contributed by atoms with Crippen LogP contribution in [0.15, 0.2) is 6.07 Å². The Balaban J connectivity index is 2.41. The fourth-order valence-electron chi connectivity index (χ4n) is 0.990. The van der Waals surface area contributed by atoms with Gasteiger partial charge in [0.1, 0.15) is 14.4 Å². The minimum Gasteiger partial charge on any atom is -0.142 e. The highest BCUT2D eigenvalue weighted by atomic mass is 35.5. The zero-order valence-electron chi connectivity index (χ0n) is 7.50. The van der Waals surface area contributed by atoms with Crippen molar-refractivity contribution in [1.82, 2.24) is 10.2 Å². The highest BCUT2D eigenvalue weighted by molar-refractivity contribution is 7.21. The summed E-state index contributed by atoms with van der Waals surface area (Å²) in [5.74, 6) is 0. The molecule has 0 saturated carbocycles. The number of thiophene rings is 1. The Kier molecular flexibility index (Phi) is 3.52. The van der Waals surface area contributed by atoms with Crippen LogP contribution in [0.4, 0.5) is 0 Å². The first-order valence-corrected chi connectivity index (χ1v) is 6.83. The largest absolute Gasteiger partial charge is 0.150 e. The molecule has 2 heterocycles. The van der Waals surface area contributed by atoms with Crippen LogP contribution in [-0.2, 0) is 0 Å². The van der Waals surface area contributed by atoms with Gasteiger partial charge in [-0.05, 0) is 13.0 Å². The highest BCUT2D eigenvalue weighted by Gasteiger charge is 2.15. The van der Waals surface area contributed by atoms with Crippen LogP contribution in [0.2, 0.25) is 8.67 Å². The number of rotatable bonds is 2. The molecule has 0 bridgehead atoms. The molecular weight excluding hydrogens is 295 g/mol. The summed E-state index contributed by atoms with van der Waals surface area (Å²) in [5, 5.41) is 9.41. The minimum atomic E-state index is -0.135. The molecule has 0 aliphatic heterocycles. The zero-order valence-corrected chi connectivity index (χ0v) is 11.4. The number of alkyl halides is 1. The van der Waals surface area contributed by atoms with Crippen molar-refractivity contribution in [2.75, 3.05) is 0 Å². The second-order valence-corrected chi connectivity index (χ2v) is 6.75. The van der Waals surface area contributed by atoms with Gasteiger partial charge < -0.3 is 0 Å². The Bertz CT molecular complexity index is 478. The van der Waals surface area contributed by atoms with E-state index in [1.807, 2.05) is 6.92 Å². The van der Waals surface area contributed by atoms with Gasteiger partial charge >= 0.3 is 0 Å². The molecule has 0 spiro atoms. The highest BCUT2D eigenvalue weighted by Crippen LogP contribution is 2.40. The molecule has 15 heavy (non-hydrogen) atoms. The normalized spacial score (nSPS) is 13.1. The van der Waals surface area contributed by atoms with E-state index in [2.05, 4.69) is 10.2 Å². The molecule has 0 aliphatic carbocycles. The summed E-state index contributed by atoms with van der Waals surface area (Å²) in [7, 11) is 0. The number of aromatic nitrogens is 2. The van der Waals surface area contributed by atoms with Gasteiger partial charge in [0.15, 0.2) is 0 Å². The maximum atomic E-state index is 6.01. The summed E-state index contributed by atoms with van der Waals surface area (Å²) in [5.41, 5.74) is 0.827. The van der Waals surface area contributed by atoms with Crippen molar-refractivity contribution in [3.8, 4) is 10.6 Å². The van der Waals surface area contributed by atoms with Gasteiger partial charge in [0, 0.05) is 5.56 Å². The average molecular weight is 300 g/mol. The van der Waals surface area contributed by atoms with E-state index in [0.717, 1.165) is 15.6 Å². The Labute approximate surface area is 110 Å². The Morgan fingerprint density at radius 2 is 2.00 bits per heavy atom. The lowest BCUT2D eigenvalue weighted by Gasteiger charge is -1.91. The fraction of sp³-hybridized carbons (Fsp3) is 0.250. The molecule has 2 aromatic heterocycles. The maximum Gasteiger partial charge on any atom is 0.150 e. The van der Waals surface area contributed by atoms with E-state index in [9.17, 15) is 0 Å². The van der Waals surface area contributed by atoms with Crippen LogP contribution in [0.3, 0.4) is 0 Å². The standard InChI is InChI=1S/C8H5Cl3N2S2/c1-3(9)7-12-13-8(15-7)4-2-5(10)14-6(4)11/h2-3H,1H3. The van der Waals surface area contributed by atoms with Crippen LogP contribution in [0, 0.1) is 0 Å². The third kappa shape index (κ3) is 2.45. The van der Waals surface area contributed by atoms with Crippen molar-refractivity contribution < 1.29 is 0 Å². The first-order valence-electron chi connectivity index (χ1n) is 4.00. The van der Waals surface area contributed by atoms with Crippen molar-refractivity contribution in [3.63, 3.8) is 0 Å². The van der Waals surface area contributed by atoms with Gasteiger partial charge in [-0.25, -0.2) is 0 Å². The lowest BCUT2D eigenvalue weighted by molar-refractivity contribution is 0.963. The molecule has 2 rings (SSSR count).